The molecule has 8 heteroatoms. The number of hydrogen-bond donors (Lipinski definition) is 3. The van der Waals surface area contributed by atoms with E-state index in [4.69, 9.17) is 0 Å². The van der Waals surface area contributed by atoms with Gasteiger partial charge in [-0.2, -0.15) is 0 Å². The van der Waals surface area contributed by atoms with Gasteiger partial charge in [0, 0.05) is 5.69 Å². The fraction of sp³-hybridized carbons (Fsp3) is 0.500. The third kappa shape index (κ3) is 3.58. The molecule has 1 aliphatic carbocycles. The van der Waals surface area contributed by atoms with E-state index in [9.17, 15) is 19.2 Å². The molecule has 0 radical (unpaired) electrons. The lowest BCUT2D eigenvalue weighted by Gasteiger charge is -2.36. The van der Waals surface area contributed by atoms with Crippen molar-refractivity contribution < 1.29 is 19.2 Å². The number of benzene rings is 1. The molecule has 150 valence electrons. The van der Waals surface area contributed by atoms with Crippen LogP contribution >= 0.6 is 0 Å². The van der Waals surface area contributed by atoms with Crippen LogP contribution in [0.3, 0.4) is 0 Å². The molecule has 1 aliphatic heterocycles. The van der Waals surface area contributed by atoms with Gasteiger partial charge in [0.1, 0.15) is 12.1 Å². The Balaban J connectivity index is 1.61. The lowest BCUT2D eigenvalue weighted by Crippen LogP contribution is -2.54. The fourth-order valence-corrected chi connectivity index (χ4v) is 3.99. The zero-order chi connectivity index (χ0) is 20.5. The van der Waals surface area contributed by atoms with Crippen LogP contribution in [-0.4, -0.2) is 40.9 Å². The molecule has 1 spiro atoms. The standard InChI is InChI=1S/C20H26N4O4/c1-12-7-6-9-15(14(12)3)21-18(27)22-16(25)11-24-17(26)20(23-19(24)28)10-5-4-8-13(20)2/h6-7,9,13H,4-5,8,10-11H2,1-3H3,(H,23,28)(H2,21,22,25,27). The van der Waals surface area contributed by atoms with Gasteiger partial charge in [-0.25, -0.2) is 9.59 Å². The van der Waals surface area contributed by atoms with Crippen LogP contribution < -0.4 is 16.0 Å². The normalized spacial score (nSPS) is 24.2. The van der Waals surface area contributed by atoms with E-state index in [-0.39, 0.29) is 11.8 Å². The Morgan fingerprint density at radius 3 is 2.71 bits per heavy atom. The zero-order valence-corrected chi connectivity index (χ0v) is 16.4. The third-order valence-corrected chi connectivity index (χ3v) is 5.91. The molecule has 3 rings (SSSR count). The highest BCUT2D eigenvalue weighted by molar-refractivity contribution is 6.11. The summed E-state index contributed by atoms with van der Waals surface area (Å²) >= 11 is 0. The molecule has 0 aromatic heterocycles. The van der Waals surface area contributed by atoms with Gasteiger partial charge in [-0.05, 0) is 49.8 Å². The van der Waals surface area contributed by atoms with Gasteiger partial charge < -0.3 is 10.6 Å². The van der Waals surface area contributed by atoms with Gasteiger partial charge in [-0.1, -0.05) is 31.9 Å². The highest BCUT2D eigenvalue weighted by atomic mass is 16.2. The number of rotatable bonds is 3. The predicted octanol–water partition coefficient (Wildman–Crippen LogP) is 2.45. The van der Waals surface area contributed by atoms with Crippen LogP contribution in [0.2, 0.25) is 0 Å². The van der Waals surface area contributed by atoms with Crippen molar-refractivity contribution >= 4 is 29.6 Å². The number of nitrogens with zero attached hydrogens (tertiary/aromatic N) is 1. The highest BCUT2D eigenvalue weighted by Gasteiger charge is 2.55. The number of hydrogen-bond acceptors (Lipinski definition) is 4. The van der Waals surface area contributed by atoms with E-state index in [1.165, 1.54) is 0 Å². The van der Waals surface area contributed by atoms with Crippen LogP contribution in [0.25, 0.3) is 0 Å². The molecule has 28 heavy (non-hydrogen) atoms. The average Bonchev–Trinajstić information content (AvgIpc) is 2.86. The third-order valence-electron chi connectivity index (χ3n) is 5.91. The second kappa shape index (κ2) is 7.61. The molecule has 6 amide bonds. The molecule has 1 saturated carbocycles. The number of nitrogens with one attached hydrogen (secondary N) is 3. The Hall–Kier alpha value is -2.90. The monoisotopic (exact) mass is 386 g/mol. The van der Waals surface area contributed by atoms with E-state index in [2.05, 4.69) is 16.0 Å². The summed E-state index contributed by atoms with van der Waals surface area (Å²) in [5.41, 5.74) is 1.58. The molecule has 2 aliphatic rings. The molecule has 1 heterocycles. The lowest BCUT2D eigenvalue weighted by molar-refractivity contribution is -0.137. The summed E-state index contributed by atoms with van der Waals surface area (Å²) in [6.45, 7) is 5.24. The minimum absolute atomic E-state index is 0.0124. The second-order valence-corrected chi connectivity index (χ2v) is 7.69. The molecule has 1 saturated heterocycles. The number of urea groups is 2. The Bertz CT molecular complexity index is 837. The van der Waals surface area contributed by atoms with Crippen LogP contribution in [-0.2, 0) is 9.59 Å². The quantitative estimate of drug-likeness (QED) is 0.694. The molecule has 2 atom stereocenters. The van der Waals surface area contributed by atoms with Gasteiger partial charge >= 0.3 is 12.1 Å². The lowest BCUT2D eigenvalue weighted by atomic mass is 9.73. The first-order chi connectivity index (χ1) is 13.2. The number of carbonyl (C=O) groups excluding carboxylic acids is 4. The van der Waals surface area contributed by atoms with Crippen molar-refractivity contribution in [3.8, 4) is 0 Å². The van der Waals surface area contributed by atoms with Crippen molar-refractivity contribution in [1.82, 2.24) is 15.5 Å². The fourth-order valence-electron chi connectivity index (χ4n) is 3.99. The van der Waals surface area contributed by atoms with Crippen molar-refractivity contribution in [2.75, 3.05) is 11.9 Å². The maximum atomic E-state index is 12.9. The summed E-state index contributed by atoms with van der Waals surface area (Å²) in [6, 6.07) is 4.18. The van der Waals surface area contributed by atoms with E-state index >= 15 is 0 Å². The highest BCUT2D eigenvalue weighted by Crippen LogP contribution is 2.38. The van der Waals surface area contributed by atoms with Crippen LogP contribution in [0.5, 0.6) is 0 Å². The van der Waals surface area contributed by atoms with Crippen LogP contribution in [0.4, 0.5) is 15.3 Å². The van der Waals surface area contributed by atoms with E-state index in [0.29, 0.717) is 12.1 Å². The molecule has 2 fully saturated rings. The van der Waals surface area contributed by atoms with Gasteiger partial charge in [0.05, 0.1) is 0 Å². The number of aryl methyl sites for hydroxylation is 1. The number of carbonyl (C=O) groups is 4. The average molecular weight is 386 g/mol. The predicted molar refractivity (Wildman–Crippen MR) is 104 cm³/mol. The SMILES string of the molecule is Cc1cccc(NC(=O)NC(=O)CN2C(=O)NC3(CCCCC3C)C2=O)c1C. The summed E-state index contributed by atoms with van der Waals surface area (Å²) in [5, 5.41) is 7.59. The first-order valence-corrected chi connectivity index (χ1v) is 9.56. The zero-order valence-electron chi connectivity index (χ0n) is 16.4. The summed E-state index contributed by atoms with van der Waals surface area (Å²) in [7, 11) is 0. The molecule has 1 aromatic rings. The van der Waals surface area contributed by atoms with Crippen molar-refractivity contribution in [3.63, 3.8) is 0 Å². The van der Waals surface area contributed by atoms with Gasteiger partial charge in [0.15, 0.2) is 0 Å². The minimum atomic E-state index is -0.920. The maximum absolute atomic E-state index is 12.9. The second-order valence-electron chi connectivity index (χ2n) is 7.69. The molecular formula is C20H26N4O4. The molecule has 2 unspecified atom stereocenters. The summed E-state index contributed by atoms with van der Waals surface area (Å²) < 4.78 is 0. The van der Waals surface area contributed by atoms with E-state index in [0.717, 1.165) is 35.3 Å². The van der Waals surface area contributed by atoms with Crippen LogP contribution in [0.15, 0.2) is 18.2 Å². The molecule has 0 bridgehead atoms. The molecule has 1 aromatic carbocycles. The van der Waals surface area contributed by atoms with Crippen molar-refractivity contribution in [1.29, 1.82) is 0 Å². The summed E-state index contributed by atoms with van der Waals surface area (Å²) in [4.78, 5) is 50.4. The number of anilines is 1. The summed E-state index contributed by atoms with van der Waals surface area (Å²) in [6.07, 6.45) is 3.30. The van der Waals surface area contributed by atoms with Gasteiger partial charge in [0.2, 0.25) is 5.91 Å². The first-order valence-electron chi connectivity index (χ1n) is 9.56. The van der Waals surface area contributed by atoms with Crippen LogP contribution in [0.1, 0.15) is 43.7 Å². The number of amides is 6. The van der Waals surface area contributed by atoms with E-state index < -0.39 is 30.1 Å². The van der Waals surface area contributed by atoms with E-state index in [1.807, 2.05) is 26.8 Å². The Morgan fingerprint density at radius 1 is 1.25 bits per heavy atom. The largest absolute Gasteiger partial charge is 0.325 e. The molecular weight excluding hydrogens is 360 g/mol. The van der Waals surface area contributed by atoms with Crippen molar-refractivity contribution in [2.45, 2.75) is 52.0 Å². The smallest absolute Gasteiger partial charge is 0.323 e. The Morgan fingerprint density at radius 2 is 2.00 bits per heavy atom. The van der Waals surface area contributed by atoms with Gasteiger partial charge in [-0.15, -0.1) is 0 Å². The maximum Gasteiger partial charge on any atom is 0.325 e. The van der Waals surface area contributed by atoms with Gasteiger partial charge in [0.25, 0.3) is 5.91 Å². The minimum Gasteiger partial charge on any atom is -0.323 e. The molecule has 3 N–H and O–H groups in total. The van der Waals surface area contributed by atoms with Crippen LogP contribution in [0, 0.1) is 19.8 Å². The topological polar surface area (TPSA) is 108 Å². The number of imide groups is 2. The van der Waals surface area contributed by atoms with E-state index in [1.54, 1.807) is 12.1 Å². The van der Waals surface area contributed by atoms with Crippen molar-refractivity contribution in [3.05, 3.63) is 29.3 Å². The van der Waals surface area contributed by atoms with Gasteiger partial charge in [-0.3, -0.25) is 19.8 Å². The summed E-state index contributed by atoms with van der Waals surface area (Å²) in [5.74, 6) is -1.08. The Labute approximate surface area is 164 Å². The Kier molecular flexibility index (Phi) is 5.40. The molecule has 8 nitrogen and oxygen atoms in total. The first kappa shape index (κ1) is 19.9. The van der Waals surface area contributed by atoms with Crippen molar-refractivity contribution in [2.24, 2.45) is 5.92 Å².